The smallest absolute Gasteiger partial charge is 0.258 e. The lowest BCUT2D eigenvalue weighted by molar-refractivity contribution is 0.134. The van der Waals surface area contributed by atoms with E-state index in [1.165, 1.54) is 11.1 Å². The van der Waals surface area contributed by atoms with Crippen LogP contribution in [-0.2, 0) is 23.5 Å². The summed E-state index contributed by atoms with van der Waals surface area (Å²) < 4.78 is 10.8. The van der Waals surface area contributed by atoms with Crippen molar-refractivity contribution in [3.63, 3.8) is 0 Å². The standard InChI is InChI=1S/C15H17N3O2.ClH/c16-15(5-1-2-6-15)14-17-13(20-18-14)10-3-4-11-8-19-9-12(11)7-10;/h3-4,7H,1-2,5-6,8-9,16H2;1H. The first-order valence-electron chi connectivity index (χ1n) is 7.08. The molecule has 4 rings (SSSR count). The number of ether oxygens (including phenoxy) is 1. The molecule has 0 saturated heterocycles. The van der Waals surface area contributed by atoms with E-state index in [0.29, 0.717) is 24.9 Å². The largest absolute Gasteiger partial charge is 0.372 e. The molecule has 1 saturated carbocycles. The molecule has 0 amide bonds. The average Bonchev–Trinajstić information content (AvgIpc) is 3.18. The van der Waals surface area contributed by atoms with Gasteiger partial charge in [-0.2, -0.15) is 4.98 Å². The Balaban J connectivity index is 0.00000132. The molecule has 6 heteroatoms. The van der Waals surface area contributed by atoms with Gasteiger partial charge in [0, 0.05) is 5.56 Å². The Morgan fingerprint density at radius 3 is 2.67 bits per heavy atom. The lowest BCUT2D eigenvalue weighted by Crippen LogP contribution is -2.34. The molecule has 1 fully saturated rings. The molecular weight excluding hydrogens is 290 g/mol. The maximum absolute atomic E-state index is 6.36. The summed E-state index contributed by atoms with van der Waals surface area (Å²) in [5, 5.41) is 4.10. The highest BCUT2D eigenvalue weighted by molar-refractivity contribution is 5.85. The molecule has 0 unspecified atom stereocenters. The molecule has 5 nitrogen and oxygen atoms in total. The highest BCUT2D eigenvalue weighted by Crippen LogP contribution is 2.35. The van der Waals surface area contributed by atoms with E-state index in [2.05, 4.69) is 22.3 Å². The summed E-state index contributed by atoms with van der Waals surface area (Å²) in [6.45, 7) is 1.35. The maximum atomic E-state index is 6.36. The van der Waals surface area contributed by atoms with Crippen LogP contribution in [0.2, 0.25) is 0 Å². The van der Waals surface area contributed by atoms with Gasteiger partial charge < -0.3 is 15.0 Å². The number of halogens is 1. The zero-order chi connectivity index (χ0) is 13.6. The fourth-order valence-electron chi connectivity index (χ4n) is 3.08. The Morgan fingerprint density at radius 1 is 1.10 bits per heavy atom. The van der Waals surface area contributed by atoms with Crippen LogP contribution in [0, 0.1) is 0 Å². The number of nitrogens with two attached hydrogens (primary N) is 1. The lowest BCUT2D eigenvalue weighted by Gasteiger charge is -2.17. The summed E-state index contributed by atoms with van der Waals surface area (Å²) in [7, 11) is 0. The first-order chi connectivity index (χ1) is 9.74. The number of hydrogen-bond donors (Lipinski definition) is 1. The summed E-state index contributed by atoms with van der Waals surface area (Å²) in [6, 6.07) is 6.13. The van der Waals surface area contributed by atoms with Crippen molar-refractivity contribution < 1.29 is 9.26 Å². The summed E-state index contributed by atoms with van der Waals surface area (Å²) >= 11 is 0. The fourth-order valence-corrected chi connectivity index (χ4v) is 3.08. The minimum absolute atomic E-state index is 0. The molecule has 1 aliphatic carbocycles. The summed E-state index contributed by atoms with van der Waals surface area (Å²) in [6.07, 6.45) is 4.14. The lowest BCUT2D eigenvalue weighted by atomic mass is 9.98. The first-order valence-corrected chi connectivity index (χ1v) is 7.08. The number of nitrogens with zero attached hydrogens (tertiary/aromatic N) is 2. The zero-order valence-corrected chi connectivity index (χ0v) is 12.5. The zero-order valence-electron chi connectivity index (χ0n) is 11.7. The van der Waals surface area contributed by atoms with Crippen LogP contribution in [-0.4, -0.2) is 10.1 Å². The minimum atomic E-state index is -0.401. The highest BCUT2D eigenvalue weighted by Gasteiger charge is 2.36. The summed E-state index contributed by atoms with van der Waals surface area (Å²) in [5.41, 5.74) is 9.33. The quantitative estimate of drug-likeness (QED) is 0.923. The Kier molecular flexibility index (Phi) is 3.73. The van der Waals surface area contributed by atoms with Gasteiger partial charge in [-0.3, -0.25) is 0 Å². The van der Waals surface area contributed by atoms with Gasteiger partial charge in [0.05, 0.1) is 18.8 Å². The number of rotatable bonds is 2. The van der Waals surface area contributed by atoms with Crippen molar-refractivity contribution in [3.05, 3.63) is 35.2 Å². The second kappa shape index (κ2) is 5.40. The van der Waals surface area contributed by atoms with E-state index in [0.717, 1.165) is 31.2 Å². The van der Waals surface area contributed by atoms with Gasteiger partial charge in [0.2, 0.25) is 0 Å². The molecule has 0 spiro atoms. The van der Waals surface area contributed by atoms with Crippen molar-refractivity contribution >= 4 is 12.4 Å². The number of hydrogen-bond acceptors (Lipinski definition) is 5. The Bertz CT molecular complexity index is 650. The van der Waals surface area contributed by atoms with Crippen LogP contribution >= 0.6 is 12.4 Å². The molecule has 0 radical (unpaired) electrons. The molecule has 1 aromatic heterocycles. The van der Waals surface area contributed by atoms with Crippen LogP contribution in [0.1, 0.15) is 42.6 Å². The SMILES string of the molecule is Cl.NC1(c2noc(-c3ccc4c(c3)COC4)n2)CCCC1. The third-order valence-electron chi connectivity index (χ3n) is 4.34. The van der Waals surface area contributed by atoms with E-state index in [9.17, 15) is 0 Å². The van der Waals surface area contributed by atoms with Crippen molar-refractivity contribution in [2.45, 2.75) is 44.4 Å². The summed E-state index contributed by atoms with van der Waals surface area (Å²) in [4.78, 5) is 4.52. The molecule has 2 N–H and O–H groups in total. The van der Waals surface area contributed by atoms with Gasteiger partial charge in [-0.25, -0.2) is 0 Å². The molecule has 2 aromatic rings. The van der Waals surface area contributed by atoms with E-state index < -0.39 is 5.54 Å². The van der Waals surface area contributed by atoms with Crippen LogP contribution in [0.25, 0.3) is 11.5 Å². The monoisotopic (exact) mass is 307 g/mol. The summed E-state index contributed by atoms with van der Waals surface area (Å²) in [5.74, 6) is 1.19. The Labute approximate surface area is 129 Å². The van der Waals surface area contributed by atoms with Crippen LogP contribution in [0.3, 0.4) is 0 Å². The molecular formula is C15H18ClN3O2. The van der Waals surface area contributed by atoms with Gasteiger partial charge in [-0.1, -0.05) is 24.1 Å². The third kappa shape index (κ3) is 2.46. The normalized spacial score (nSPS) is 19.3. The van der Waals surface area contributed by atoms with Gasteiger partial charge in [0.25, 0.3) is 5.89 Å². The predicted octanol–water partition coefficient (Wildman–Crippen LogP) is 2.92. The van der Waals surface area contributed by atoms with Gasteiger partial charge in [-0.15, -0.1) is 12.4 Å². The van der Waals surface area contributed by atoms with E-state index >= 15 is 0 Å². The fraction of sp³-hybridized carbons (Fsp3) is 0.467. The van der Waals surface area contributed by atoms with Gasteiger partial charge in [0.1, 0.15) is 0 Å². The van der Waals surface area contributed by atoms with Gasteiger partial charge in [0.15, 0.2) is 5.82 Å². The molecule has 21 heavy (non-hydrogen) atoms. The maximum Gasteiger partial charge on any atom is 0.258 e. The van der Waals surface area contributed by atoms with Crippen molar-refractivity contribution in [2.75, 3.05) is 0 Å². The van der Waals surface area contributed by atoms with Crippen LogP contribution in [0.5, 0.6) is 0 Å². The average molecular weight is 308 g/mol. The van der Waals surface area contributed by atoms with E-state index in [1.54, 1.807) is 0 Å². The molecule has 0 atom stereocenters. The van der Waals surface area contributed by atoms with Crippen LogP contribution in [0.15, 0.2) is 22.7 Å². The van der Waals surface area contributed by atoms with Crippen molar-refractivity contribution in [1.82, 2.24) is 10.1 Å². The molecule has 2 heterocycles. The van der Waals surface area contributed by atoms with Crippen molar-refractivity contribution in [3.8, 4) is 11.5 Å². The second-order valence-corrected chi connectivity index (χ2v) is 5.76. The van der Waals surface area contributed by atoms with Gasteiger partial charge >= 0.3 is 0 Å². The second-order valence-electron chi connectivity index (χ2n) is 5.76. The van der Waals surface area contributed by atoms with E-state index in [-0.39, 0.29) is 12.4 Å². The molecule has 2 aliphatic rings. The van der Waals surface area contributed by atoms with Crippen molar-refractivity contribution in [1.29, 1.82) is 0 Å². The number of benzene rings is 1. The highest BCUT2D eigenvalue weighted by atomic mass is 35.5. The van der Waals surface area contributed by atoms with E-state index in [4.69, 9.17) is 15.0 Å². The minimum Gasteiger partial charge on any atom is -0.372 e. The van der Waals surface area contributed by atoms with Crippen LogP contribution in [0.4, 0.5) is 0 Å². The van der Waals surface area contributed by atoms with Gasteiger partial charge in [-0.05, 0) is 36.1 Å². The van der Waals surface area contributed by atoms with E-state index in [1.807, 2.05) is 6.07 Å². The number of fused-ring (bicyclic) bond motifs is 1. The topological polar surface area (TPSA) is 74.2 Å². The molecule has 1 aliphatic heterocycles. The van der Waals surface area contributed by atoms with Crippen molar-refractivity contribution in [2.24, 2.45) is 5.73 Å². The first kappa shape index (κ1) is 14.5. The Morgan fingerprint density at radius 2 is 1.86 bits per heavy atom. The Hall–Kier alpha value is -1.43. The molecule has 112 valence electrons. The number of aromatic nitrogens is 2. The third-order valence-corrected chi connectivity index (χ3v) is 4.34. The molecule has 0 bridgehead atoms. The predicted molar refractivity (Wildman–Crippen MR) is 79.8 cm³/mol. The molecule has 1 aromatic carbocycles. The van der Waals surface area contributed by atoms with Crippen LogP contribution < -0.4 is 5.73 Å².